The van der Waals surface area contributed by atoms with Crippen molar-refractivity contribution in [2.24, 2.45) is 12.0 Å². The average Bonchev–Trinajstić information content (AvgIpc) is 2.96. The van der Waals surface area contributed by atoms with Crippen molar-refractivity contribution < 1.29 is 9.13 Å². The van der Waals surface area contributed by atoms with Crippen LogP contribution in [0.2, 0.25) is 10.2 Å². The Kier molecular flexibility index (Phi) is 6.95. The van der Waals surface area contributed by atoms with Gasteiger partial charge in [0.1, 0.15) is 16.7 Å². The second-order valence-electron chi connectivity index (χ2n) is 6.14. The lowest BCUT2D eigenvalue weighted by atomic mass is 10.2. The number of hydrogen-bond donors (Lipinski definition) is 2. The van der Waals surface area contributed by atoms with E-state index in [1.165, 1.54) is 12.1 Å². The molecule has 0 atom stereocenters. The van der Waals surface area contributed by atoms with Crippen LogP contribution < -0.4 is 15.4 Å². The number of ether oxygens (including phenoxy) is 1. The molecule has 3 aromatic rings. The monoisotopic (exact) mass is 435 g/mol. The first-order chi connectivity index (χ1) is 14.0. The third-order valence-electron chi connectivity index (χ3n) is 4.18. The third-order valence-corrected chi connectivity index (χ3v) is 5.03. The van der Waals surface area contributed by atoms with Crippen molar-refractivity contribution >= 4 is 29.2 Å². The summed E-state index contributed by atoms with van der Waals surface area (Å²) in [7, 11) is 3.51. The minimum absolute atomic E-state index is 0.372. The zero-order valence-corrected chi connectivity index (χ0v) is 17.4. The molecule has 0 aliphatic carbocycles. The Hall–Kier alpha value is -2.77. The quantitative estimate of drug-likeness (QED) is 0.441. The summed E-state index contributed by atoms with van der Waals surface area (Å²) in [5.41, 5.74) is 1.71. The van der Waals surface area contributed by atoms with Crippen LogP contribution in [0.15, 0.2) is 53.7 Å². The van der Waals surface area contributed by atoms with Crippen LogP contribution >= 0.6 is 23.2 Å². The Labute approximate surface area is 178 Å². The lowest BCUT2D eigenvalue weighted by molar-refractivity contribution is 0.450. The van der Waals surface area contributed by atoms with E-state index >= 15 is 0 Å². The first-order valence-electron chi connectivity index (χ1n) is 8.79. The van der Waals surface area contributed by atoms with Crippen molar-refractivity contribution in [3.8, 4) is 11.6 Å². The largest absolute Gasteiger partial charge is 0.439 e. The molecule has 0 amide bonds. The predicted octanol–water partition coefficient (Wildman–Crippen LogP) is 4.52. The molecule has 2 aromatic heterocycles. The Balaban J connectivity index is 1.63. The molecule has 1 aromatic carbocycles. The molecule has 0 bridgehead atoms. The number of rotatable bonds is 6. The second kappa shape index (κ2) is 9.62. The topological polar surface area (TPSA) is 63.5 Å². The van der Waals surface area contributed by atoms with Gasteiger partial charge in [-0.2, -0.15) is 0 Å². The Morgan fingerprint density at radius 3 is 2.66 bits per heavy atom. The van der Waals surface area contributed by atoms with E-state index in [0.29, 0.717) is 40.9 Å². The molecule has 152 valence electrons. The van der Waals surface area contributed by atoms with E-state index in [9.17, 15) is 4.39 Å². The fourth-order valence-corrected chi connectivity index (χ4v) is 3.04. The molecule has 0 spiro atoms. The van der Waals surface area contributed by atoms with Gasteiger partial charge >= 0.3 is 0 Å². The van der Waals surface area contributed by atoms with Crippen molar-refractivity contribution in [3.05, 3.63) is 75.9 Å². The van der Waals surface area contributed by atoms with Crippen molar-refractivity contribution in [3.63, 3.8) is 0 Å². The molecule has 0 saturated carbocycles. The standard InChI is InChI=1S/C20H20Cl2FN5O/c1-24-20(27-12-15-10-17(21)18(22)28(15)2)26-11-13-5-4-8-25-19(13)29-16-7-3-6-14(23)9-16/h3-10H,11-12H2,1-2H3,(H2,24,26,27). The maximum Gasteiger partial charge on any atom is 0.224 e. The van der Waals surface area contributed by atoms with Gasteiger partial charge in [0.25, 0.3) is 0 Å². The van der Waals surface area contributed by atoms with Gasteiger partial charge in [0.05, 0.1) is 11.6 Å². The number of benzene rings is 1. The number of nitrogens with one attached hydrogen (secondary N) is 2. The van der Waals surface area contributed by atoms with E-state index in [1.807, 2.05) is 13.1 Å². The molecule has 2 N–H and O–H groups in total. The zero-order chi connectivity index (χ0) is 20.8. The summed E-state index contributed by atoms with van der Waals surface area (Å²) in [5.74, 6) is 0.981. The highest BCUT2D eigenvalue weighted by molar-refractivity contribution is 6.41. The van der Waals surface area contributed by atoms with Gasteiger partial charge in [-0.15, -0.1) is 0 Å². The molecule has 2 heterocycles. The highest BCUT2D eigenvalue weighted by Gasteiger charge is 2.11. The van der Waals surface area contributed by atoms with Gasteiger partial charge in [-0.1, -0.05) is 35.3 Å². The van der Waals surface area contributed by atoms with E-state index < -0.39 is 0 Å². The fraction of sp³-hybridized carbons (Fsp3) is 0.200. The summed E-state index contributed by atoms with van der Waals surface area (Å²) >= 11 is 12.1. The molecule has 0 radical (unpaired) electrons. The van der Waals surface area contributed by atoms with Crippen LogP contribution in [0.1, 0.15) is 11.3 Å². The lowest BCUT2D eigenvalue weighted by Gasteiger charge is -2.14. The molecule has 6 nitrogen and oxygen atoms in total. The number of aromatic nitrogens is 2. The lowest BCUT2D eigenvalue weighted by Crippen LogP contribution is -2.36. The minimum Gasteiger partial charge on any atom is -0.439 e. The molecule has 0 aliphatic rings. The van der Waals surface area contributed by atoms with Gasteiger partial charge in [0.15, 0.2) is 5.96 Å². The van der Waals surface area contributed by atoms with Gasteiger partial charge in [0.2, 0.25) is 5.88 Å². The molecule has 0 fully saturated rings. The number of pyridine rings is 1. The van der Waals surface area contributed by atoms with E-state index in [0.717, 1.165) is 11.3 Å². The maximum absolute atomic E-state index is 13.4. The summed E-state index contributed by atoms with van der Waals surface area (Å²) in [6, 6.07) is 11.4. The van der Waals surface area contributed by atoms with Gasteiger partial charge in [-0.3, -0.25) is 4.99 Å². The van der Waals surface area contributed by atoms with Gasteiger partial charge in [-0.05, 0) is 24.3 Å². The second-order valence-corrected chi connectivity index (χ2v) is 6.91. The van der Waals surface area contributed by atoms with E-state index in [-0.39, 0.29) is 5.82 Å². The van der Waals surface area contributed by atoms with Crippen molar-refractivity contribution in [2.75, 3.05) is 7.05 Å². The average molecular weight is 436 g/mol. The van der Waals surface area contributed by atoms with Crippen molar-refractivity contribution in [1.29, 1.82) is 0 Å². The summed E-state index contributed by atoms with van der Waals surface area (Å²) in [6.07, 6.45) is 1.62. The number of halogens is 3. The van der Waals surface area contributed by atoms with Crippen LogP contribution in [0.5, 0.6) is 11.6 Å². The Morgan fingerprint density at radius 2 is 1.97 bits per heavy atom. The molecule has 29 heavy (non-hydrogen) atoms. The van der Waals surface area contributed by atoms with Gasteiger partial charge < -0.3 is 19.9 Å². The summed E-state index contributed by atoms with van der Waals surface area (Å²) in [5, 5.41) is 7.40. The van der Waals surface area contributed by atoms with Gasteiger partial charge in [0, 0.05) is 44.2 Å². The Morgan fingerprint density at radius 1 is 1.17 bits per heavy atom. The predicted molar refractivity (Wildman–Crippen MR) is 113 cm³/mol. The number of hydrogen-bond acceptors (Lipinski definition) is 3. The SMILES string of the molecule is CN=C(NCc1cccnc1Oc1cccc(F)c1)NCc1cc(Cl)c(Cl)n1C. The van der Waals surface area contributed by atoms with E-state index in [4.69, 9.17) is 27.9 Å². The molecular weight excluding hydrogens is 416 g/mol. The van der Waals surface area contributed by atoms with Gasteiger partial charge in [-0.25, -0.2) is 9.37 Å². The van der Waals surface area contributed by atoms with Crippen LogP contribution in [-0.4, -0.2) is 22.6 Å². The first-order valence-corrected chi connectivity index (χ1v) is 9.55. The summed E-state index contributed by atoms with van der Waals surface area (Å²) in [6.45, 7) is 0.898. The zero-order valence-electron chi connectivity index (χ0n) is 15.9. The van der Waals surface area contributed by atoms with Crippen LogP contribution in [0.4, 0.5) is 4.39 Å². The number of guanidine groups is 1. The smallest absolute Gasteiger partial charge is 0.224 e. The van der Waals surface area contributed by atoms with Crippen molar-refractivity contribution in [1.82, 2.24) is 20.2 Å². The number of nitrogens with zero attached hydrogens (tertiary/aromatic N) is 3. The van der Waals surface area contributed by atoms with Crippen LogP contribution in [0.25, 0.3) is 0 Å². The highest BCUT2D eigenvalue weighted by atomic mass is 35.5. The Bertz CT molecular complexity index is 1020. The van der Waals surface area contributed by atoms with Crippen LogP contribution in [0.3, 0.4) is 0 Å². The fourth-order valence-electron chi connectivity index (χ4n) is 2.63. The molecule has 0 saturated heterocycles. The van der Waals surface area contributed by atoms with E-state index in [2.05, 4.69) is 20.6 Å². The highest BCUT2D eigenvalue weighted by Crippen LogP contribution is 2.25. The minimum atomic E-state index is -0.372. The first kappa shape index (κ1) is 21.0. The normalized spacial score (nSPS) is 11.4. The third kappa shape index (κ3) is 5.40. The number of aliphatic imine (C=N–C) groups is 1. The molecule has 0 aliphatic heterocycles. The molecular formula is C20H20Cl2FN5O. The molecule has 0 unspecified atom stereocenters. The van der Waals surface area contributed by atoms with Crippen molar-refractivity contribution in [2.45, 2.75) is 13.1 Å². The summed E-state index contributed by atoms with van der Waals surface area (Å²) in [4.78, 5) is 8.46. The van der Waals surface area contributed by atoms with Crippen LogP contribution in [0, 0.1) is 5.82 Å². The molecule has 3 rings (SSSR count). The van der Waals surface area contributed by atoms with Crippen LogP contribution in [-0.2, 0) is 20.1 Å². The summed E-state index contributed by atoms with van der Waals surface area (Å²) < 4.78 is 20.9. The van der Waals surface area contributed by atoms with E-state index in [1.54, 1.807) is 42.1 Å². The molecule has 9 heteroatoms. The maximum atomic E-state index is 13.4.